The van der Waals surface area contributed by atoms with Gasteiger partial charge in [-0.2, -0.15) is 5.26 Å². The zero-order valence-corrected chi connectivity index (χ0v) is 6.41. The highest BCUT2D eigenvalue weighted by atomic mass is 19.1. The molecule has 1 aromatic rings. The van der Waals surface area contributed by atoms with Crippen molar-refractivity contribution in [2.45, 2.75) is 5.92 Å². The Morgan fingerprint density at radius 1 is 1.62 bits per heavy atom. The first-order chi connectivity index (χ1) is 6.24. The average molecular weight is 177 g/mol. The molecule has 0 fully saturated rings. The molecule has 4 nitrogen and oxygen atoms in total. The molecule has 1 N–H and O–H groups in total. The van der Waals surface area contributed by atoms with E-state index in [-0.39, 0.29) is 11.3 Å². The van der Waals surface area contributed by atoms with Crippen molar-refractivity contribution in [1.29, 1.82) is 5.26 Å². The zero-order chi connectivity index (χ0) is 9.42. The van der Waals surface area contributed by atoms with Gasteiger partial charge in [0, 0.05) is 5.56 Å². The number of rotatable bonds is 0. The van der Waals surface area contributed by atoms with Gasteiger partial charge in [0.05, 0.1) is 24.2 Å². The summed E-state index contributed by atoms with van der Waals surface area (Å²) in [7, 11) is 0. The number of carbonyl (C=O) groups excluding carboxylic acids is 1. The van der Waals surface area contributed by atoms with E-state index in [1.54, 1.807) is 6.07 Å². The molecule has 1 aliphatic heterocycles. The largest absolute Gasteiger partial charge is 0.323 e. The van der Waals surface area contributed by atoms with Gasteiger partial charge in [-0.3, -0.25) is 9.78 Å². The van der Waals surface area contributed by atoms with Crippen molar-refractivity contribution >= 4 is 11.6 Å². The third kappa shape index (κ3) is 0.957. The lowest BCUT2D eigenvalue weighted by atomic mass is 10.0. The number of nitrogens with zero attached hydrogens (tertiary/aromatic N) is 2. The van der Waals surface area contributed by atoms with Gasteiger partial charge in [0.2, 0.25) is 5.91 Å². The fraction of sp³-hybridized carbons (Fsp3) is 0.125. The summed E-state index contributed by atoms with van der Waals surface area (Å²) in [5, 5.41) is 11.0. The van der Waals surface area contributed by atoms with Gasteiger partial charge in [0.1, 0.15) is 5.82 Å². The second kappa shape index (κ2) is 2.52. The Kier molecular flexibility index (Phi) is 1.49. The quantitative estimate of drug-likeness (QED) is 0.636. The fourth-order valence-electron chi connectivity index (χ4n) is 1.30. The standard InChI is InChI=1S/C8H4FN3O/c9-5-2-11-3-6-7(5)4(1-10)8(13)12-6/h2-4H,(H,12,13)/t4-/m0/s1. The van der Waals surface area contributed by atoms with E-state index in [0.29, 0.717) is 0 Å². The number of nitriles is 1. The predicted molar refractivity (Wildman–Crippen MR) is 41.2 cm³/mol. The number of hydrogen-bond acceptors (Lipinski definition) is 3. The van der Waals surface area contributed by atoms with Crippen LogP contribution in [0.2, 0.25) is 0 Å². The molecule has 13 heavy (non-hydrogen) atoms. The smallest absolute Gasteiger partial charge is 0.246 e. The van der Waals surface area contributed by atoms with Crippen LogP contribution in [0, 0.1) is 17.1 Å². The molecule has 2 rings (SSSR count). The zero-order valence-electron chi connectivity index (χ0n) is 6.41. The number of carbonyl (C=O) groups is 1. The number of aromatic nitrogens is 1. The molecule has 5 heteroatoms. The first-order valence-electron chi connectivity index (χ1n) is 3.58. The van der Waals surface area contributed by atoms with Crippen molar-refractivity contribution in [3.63, 3.8) is 0 Å². The number of fused-ring (bicyclic) bond motifs is 1. The Labute approximate surface area is 73.0 Å². The third-order valence-electron chi connectivity index (χ3n) is 1.88. The summed E-state index contributed by atoms with van der Waals surface area (Å²) >= 11 is 0. The Balaban J connectivity index is 2.64. The number of pyridine rings is 1. The van der Waals surface area contributed by atoms with E-state index in [1.165, 1.54) is 6.20 Å². The molecule has 1 amide bonds. The van der Waals surface area contributed by atoms with E-state index in [4.69, 9.17) is 5.26 Å². The lowest BCUT2D eigenvalue weighted by Crippen LogP contribution is -2.10. The van der Waals surface area contributed by atoms with Crippen LogP contribution >= 0.6 is 0 Å². The molecule has 0 aliphatic carbocycles. The van der Waals surface area contributed by atoms with Gasteiger partial charge in [-0.25, -0.2) is 4.39 Å². The highest BCUT2D eigenvalue weighted by Crippen LogP contribution is 2.32. The summed E-state index contributed by atoms with van der Waals surface area (Å²) in [4.78, 5) is 14.6. The summed E-state index contributed by atoms with van der Waals surface area (Å²) < 4.78 is 13.1. The van der Waals surface area contributed by atoms with Crippen LogP contribution in [0.4, 0.5) is 10.1 Å². The monoisotopic (exact) mass is 177 g/mol. The van der Waals surface area contributed by atoms with Crippen molar-refractivity contribution in [1.82, 2.24) is 4.98 Å². The molecule has 1 aliphatic rings. The molecule has 64 valence electrons. The number of amides is 1. The minimum absolute atomic E-state index is 0.0995. The van der Waals surface area contributed by atoms with E-state index >= 15 is 0 Å². The van der Waals surface area contributed by atoms with E-state index < -0.39 is 17.6 Å². The van der Waals surface area contributed by atoms with Crippen LogP contribution in [-0.2, 0) is 4.79 Å². The number of halogens is 1. The third-order valence-corrected chi connectivity index (χ3v) is 1.88. The van der Waals surface area contributed by atoms with Gasteiger partial charge in [-0.05, 0) is 0 Å². The lowest BCUT2D eigenvalue weighted by molar-refractivity contribution is -0.116. The Bertz CT molecular complexity index is 424. The molecule has 0 aromatic carbocycles. The van der Waals surface area contributed by atoms with E-state index in [0.717, 1.165) is 6.20 Å². The lowest BCUT2D eigenvalue weighted by Gasteiger charge is -1.98. The van der Waals surface area contributed by atoms with Crippen molar-refractivity contribution in [3.8, 4) is 6.07 Å². The number of nitrogens with one attached hydrogen (secondary N) is 1. The van der Waals surface area contributed by atoms with Gasteiger partial charge >= 0.3 is 0 Å². The van der Waals surface area contributed by atoms with Crippen LogP contribution in [0.1, 0.15) is 11.5 Å². The Morgan fingerprint density at radius 3 is 3.08 bits per heavy atom. The van der Waals surface area contributed by atoms with E-state index in [2.05, 4.69) is 10.3 Å². The molecular formula is C8H4FN3O. The van der Waals surface area contributed by atoms with Crippen LogP contribution in [0.5, 0.6) is 0 Å². The van der Waals surface area contributed by atoms with Crippen molar-refractivity contribution in [2.75, 3.05) is 5.32 Å². The fourth-order valence-corrected chi connectivity index (χ4v) is 1.30. The van der Waals surface area contributed by atoms with Crippen LogP contribution in [0.25, 0.3) is 0 Å². The average Bonchev–Trinajstić information content (AvgIpc) is 2.42. The second-order valence-corrected chi connectivity index (χ2v) is 2.63. The van der Waals surface area contributed by atoms with E-state index in [9.17, 15) is 9.18 Å². The van der Waals surface area contributed by atoms with Gasteiger partial charge < -0.3 is 5.32 Å². The van der Waals surface area contributed by atoms with Gasteiger partial charge in [-0.15, -0.1) is 0 Å². The maximum atomic E-state index is 13.1. The molecule has 0 saturated heterocycles. The first-order valence-corrected chi connectivity index (χ1v) is 3.58. The van der Waals surface area contributed by atoms with Crippen molar-refractivity contribution in [2.24, 2.45) is 0 Å². The number of hydrogen-bond donors (Lipinski definition) is 1. The summed E-state index contributed by atoms with van der Waals surface area (Å²) in [5.74, 6) is -2.16. The molecule has 0 spiro atoms. The first kappa shape index (κ1) is 7.68. The molecule has 0 radical (unpaired) electrons. The summed E-state index contributed by atoms with van der Waals surface area (Å²) in [6, 6.07) is 1.73. The Hall–Kier alpha value is -1.96. The van der Waals surface area contributed by atoms with Crippen LogP contribution in [-0.4, -0.2) is 10.9 Å². The topological polar surface area (TPSA) is 65.8 Å². The van der Waals surface area contributed by atoms with Crippen LogP contribution < -0.4 is 5.32 Å². The minimum atomic E-state index is -1.04. The second-order valence-electron chi connectivity index (χ2n) is 2.63. The summed E-state index contributed by atoms with van der Waals surface area (Å²) in [6.45, 7) is 0. The van der Waals surface area contributed by atoms with Crippen molar-refractivity contribution < 1.29 is 9.18 Å². The van der Waals surface area contributed by atoms with E-state index in [1.807, 2.05) is 0 Å². The van der Waals surface area contributed by atoms with Crippen LogP contribution in [0.15, 0.2) is 12.4 Å². The van der Waals surface area contributed by atoms with Gasteiger partial charge in [0.25, 0.3) is 0 Å². The molecule has 2 heterocycles. The summed E-state index contributed by atoms with van der Waals surface area (Å²) in [6.07, 6.45) is 2.32. The molecular weight excluding hydrogens is 173 g/mol. The van der Waals surface area contributed by atoms with Gasteiger partial charge in [-0.1, -0.05) is 0 Å². The van der Waals surface area contributed by atoms with Gasteiger partial charge in [0.15, 0.2) is 5.92 Å². The van der Waals surface area contributed by atoms with Crippen molar-refractivity contribution in [3.05, 3.63) is 23.8 Å². The highest BCUT2D eigenvalue weighted by Gasteiger charge is 2.33. The normalized spacial score (nSPS) is 19.1. The van der Waals surface area contributed by atoms with Crippen LogP contribution in [0.3, 0.4) is 0 Å². The predicted octanol–water partition coefficient (Wildman–Crippen LogP) is 0.780. The highest BCUT2D eigenvalue weighted by molar-refractivity contribution is 6.04. The molecule has 1 atom stereocenters. The SMILES string of the molecule is N#C[C@@H]1C(=O)Nc2cncc(F)c21. The maximum Gasteiger partial charge on any atom is 0.246 e. The minimum Gasteiger partial charge on any atom is -0.323 e. The Morgan fingerprint density at radius 2 is 2.38 bits per heavy atom. The molecule has 0 bridgehead atoms. The maximum absolute atomic E-state index is 13.1. The number of anilines is 1. The summed E-state index contributed by atoms with van der Waals surface area (Å²) in [5.41, 5.74) is 0.388. The molecule has 1 aromatic heterocycles. The molecule has 0 unspecified atom stereocenters. The molecule has 0 saturated carbocycles.